The van der Waals surface area contributed by atoms with Crippen molar-refractivity contribution in [1.82, 2.24) is 5.32 Å². The van der Waals surface area contributed by atoms with E-state index in [2.05, 4.69) is 5.32 Å². The minimum atomic E-state index is -0.307. The highest BCUT2D eigenvalue weighted by Gasteiger charge is 2.07. The SMILES string of the molecule is Cc1ccc(C(=O)NCc2ccc(F)cc2)cc1O. The molecule has 19 heavy (non-hydrogen) atoms. The molecule has 0 unspecified atom stereocenters. The van der Waals surface area contributed by atoms with Crippen LogP contribution >= 0.6 is 0 Å². The maximum absolute atomic E-state index is 12.7. The van der Waals surface area contributed by atoms with Crippen molar-refractivity contribution in [3.63, 3.8) is 0 Å². The fraction of sp³-hybridized carbons (Fsp3) is 0.133. The Labute approximate surface area is 110 Å². The van der Waals surface area contributed by atoms with Gasteiger partial charge in [-0.1, -0.05) is 18.2 Å². The first-order valence-electron chi connectivity index (χ1n) is 5.88. The van der Waals surface area contributed by atoms with E-state index >= 15 is 0 Å². The highest BCUT2D eigenvalue weighted by Crippen LogP contribution is 2.17. The Morgan fingerprint density at radius 3 is 2.53 bits per heavy atom. The van der Waals surface area contributed by atoms with Gasteiger partial charge in [0.15, 0.2) is 0 Å². The van der Waals surface area contributed by atoms with Gasteiger partial charge < -0.3 is 10.4 Å². The molecule has 0 radical (unpaired) electrons. The van der Waals surface area contributed by atoms with Crippen molar-refractivity contribution in [2.24, 2.45) is 0 Å². The monoisotopic (exact) mass is 259 g/mol. The van der Waals surface area contributed by atoms with E-state index in [4.69, 9.17) is 0 Å². The number of phenols is 1. The summed E-state index contributed by atoms with van der Waals surface area (Å²) in [7, 11) is 0. The number of hydrogen-bond donors (Lipinski definition) is 2. The second-order valence-electron chi connectivity index (χ2n) is 4.31. The fourth-order valence-corrected chi connectivity index (χ4v) is 1.64. The lowest BCUT2D eigenvalue weighted by Crippen LogP contribution is -2.22. The summed E-state index contributed by atoms with van der Waals surface area (Å²) in [4.78, 5) is 11.9. The number of carbonyl (C=O) groups excluding carboxylic acids is 1. The van der Waals surface area contributed by atoms with Crippen LogP contribution in [0, 0.1) is 12.7 Å². The Bertz CT molecular complexity index is 594. The molecule has 0 heterocycles. The van der Waals surface area contributed by atoms with Gasteiger partial charge >= 0.3 is 0 Å². The zero-order valence-electron chi connectivity index (χ0n) is 10.5. The number of halogens is 1. The number of nitrogens with one attached hydrogen (secondary N) is 1. The number of rotatable bonds is 3. The van der Waals surface area contributed by atoms with Crippen LogP contribution in [-0.2, 0) is 6.54 Å². The molecule has 0 spiro atoms. The van der Waals surface area contributed by atoms with Crippen LogP contribution in [0.2, 0.25) is 0 Å². The van der Waals surface area contributed by atoms with Gasteiger partial charge in [-0.05, 0) is 42.3 Å². The van der Waals surface area contributed by atoms with Gasteiger partial charge in [-0.3, -0.25) is 4.79 Å². The summed E-state index contributed by atoms with van der Waals surface area (Å²) in [6.07, 6.45) is 0. The molecule has 0 saturated carbocycles. The van der Waals surface area contributed by atoms with E-state index < -0.39 is 0 Å². The van der Waals surface area contributed by atoms with E-state index in [9.17, 15) is 14.3 Å². The van der Waals surface area contributed by atoms with E-state index in [1.165, 1.54) is 18.2 Å². The predicted octanol–water partition coefficient (Wildman–Crippen LogP) is 2.77. The lowest BCUT2D eigenvalue weighted by atomic mass is 10.1. The van der Waals surface area contributed by atoms with Crippen LogP contribution in [0.4, 0.5) is 4.39 Å². The number of aromatic hydroxyl groups is 1. The summed E-state index contributed by atoms with van der Waals surface area (Å²) >= 11 is 0. The number of amides is 1. The molecular weight excluding hydrogens is 245 g/mol. The van der Waals surface area contributed by atoms with E-state index in [0.29, 0.717) is 12.1 Å². The van der Waals surface area contributed by atoms with Crippen molar-refractivity contribution in [2.75, 3.05) is 0 Å². The molecule has 0 aromatic heterocycles. The second kappa shape index (κ2) is 5.52. The number of hydrogen-bond acceptors (Lipinski definition) is 2. The Kier molecular flexibility index (Phi) is 3.80. The fourth-order valence-electron chi connectivity index (χ4n) is 1.64. The Balaban J connectivity index is 2.01. The van der Waals surface area contributed by atoms with Crippen LogP contribution in [0.3, 0.4) is 0 Å². The van der Waals surface area contributed by atoms with E-state index in [-0.39, 0.29) is 17.5 Å². The number of benzene rings is 2. The van der Waals surface area contributed by atoms with Crippen molar-refractivity contribution in [3.05, 3.63) is 65.0 Å². The summed E-state index contributed by atoms with van der Waals surface area (Å²) in [5.41, 5.74) is 1.92. The molecule has 3 nitrogen and oxygen atoms in total. The molecule has 0 fully saturated rings. The first-order chi connectivity index (χ1) is 9.06. The van der Waals surface area contributed by atoms with E-state index in [1.807, 2.05) is 0 Å². The summed E-state index contributed by atoms with van der Waals surface area (Å²) in [5, 5.41) is 12.3. The third kappa shape index (κ3) is 3.31. The number of phenolic OH excluding ortho intramolecular Hbond substituents is 1. The average Bonchev–Trinajstić information content (AvgIpc) is 2.41. The molecule has 2 N–H and O–H groups in total. The van der Waals surface area contributed by atoms with E-state index in [1.54, 1.807) is 31.2 Å². The molecule has 2 aromatic carbocycles. The molecule has 1 amide bonds. The van der Waals surface area contributed by atoms with Gasteiger partial charge in [0.2, 0.25) is 0 Å². The van der Waals surface area contributed by atoms with Crippen LogP contribution in [0.5, 0.6) is 5.75 Å². The molecule has 0 aliphatic heterocycles. The molecule has 2 aromatic rings. The van der Waals surface area contributed by atoms with Crippen LogP contribution < -0.4 is 5.32 Å². The summed E-state index contributed by atoms with van der Waals surface area (Å²) in [6.45, 7) is 2.07. The van der Waals surface area contributed by atoms with Crippen LogP contribution in [-0.4, -0.2) is 11.0 Å². The second-order valence-corrected chi connectivity index (χ2v) is 4.31. The molecule has 4 heteroatoms. The van der Waals surface area contributed by atoms with Crippen LogP contribution in [0.15, 0.2) is 42.5 Å². The molecule has 0 atom stereocenters. The Morgan fingerprint density at radius 2 is 1.89 bits per heavy atom. The maximum atomic E-state index is 12.7. The van der Waals surface area contributed by atoms with Gasteiger partial charge in [0.1, 0.15) is 11.6 Å². The summed E-state index contributed by atoms with van der Waals surface area (Å²) < 4.78 is 12.7. The average molecular weight is 259 g/mol. The lowest BCUT2D eigenvalue weighted by Gasteiger charge is -2.06. The highest BCUT2D eigenvalue weighted by atomic mass is 19.1. The van der Waals surface area contributed by atoms with E-state index in [0.717, 1.165) is 11.1 Å². The van der Waals surface area contributed by atoms with Gasteiger partial charge in [0.05, 0.1) is 0 Å². The largest absolute Gasteiger partial charge is 0.508 e. The third-order valence-corrected chi connectivity index (χ3v) is 2.84. The summed E-state index contributed by atoms with van der Waals surface area (Å²) in [6, 6.07) is 10.7. The van der Waals surface area contributed by atoms with Crippen LogP contribution in [0.25, 0.3) is 0 Å². The molecule has 0 aliphatic carbocycles. The first-order valence-corrected chi connectivity index (χ1v) is 5.88. The molecule has 2 rings (SSSR count). The quantitative estimate of drug-likeness (QED) is 0.890. The zero-order chi connectivity index (χ0) is 13.8. The topological polar surface area (TPSA) is 49.3 Å². The zero-order valence-corrected chi connectivity index (χ0v) is 10.5. The van der Waals surface area contributed by atoms with Gasteiger partial charge in [0.25, 0.3) is 5.91 Å². The van der Waals surface area contributed by atoms with Gasteiger partial charge in [-0.15, -0.1) is 0 Å². The maximum Gasteiger partial charge on any atom is 0.251 e. The molecule has 0 aliphatic rings. The normalized spacial score (nSPS) is 10.2. The van der Waals surface area contributed by atoms with Gasteiger partial charge in [-0.25, -0.2) is 4.39 Å². The minimum absolute atomic E-state index is 0.0921. The van der Waals surface area contributed by atoms with Gasteiger partial charge in [0, 0.05) is 12.1 Å². The summed E-state index contributed by atoms with van der Waals surface area (Å²) in [5.74, 6) is -0.493. The van der Waals surface area contributed by atoms with Crippen molar-refractivity contribution in [2.45, 2.75) is 13.5 Å². The number of carbonyl (C=O) groups is 1. The first kappa shape index (κ1) is 13.1. The molecule has 98 valence electrons. The molecule has 0 bridgehead atoms. The number of aryl methyl sites for hydroxylation is 1. The Hall–Kier alpha value is -2.36. The third-order valence-electron chi connectivity index (χ3n) is 2.84. The predicted molar refractivity (Wildman–Crippen MR) is 70.4 cm³/mol. The standard InChI is InChI=1S/C15H14FNO2/c1-10-2-5-12(8-14(10)18)15(19)17-9-11-3-6-13(16)7-4-11/h2-8,18H,9H2,1H3,(H,17,19). The smallest absolute Gasteiger partial charge is 0.251 e. The molecular formula is C15H14FNO2. The van der Waals surface area contributed by atoms with Crippen molar-refractivity contribution in [3.8, 4) is 5.75 Å². The van der Waals surface area contributed by atoms with Crippen molar-refractivity contribution in [1.29, 1.82) is 0 Å². The van der Waals surface area contributed by atoms with Crippen molar-refractivity contribution < 1.29 is 14.3 Å². The Morgan fingerprint density at radius 1 is 1.21 bits per heavy atom. The lowest BCUT2D eigenvalue weighted by molar-refractivity contribution is 0.0950. The van der Waals surface area contributed by atoms with Crippen LogP contribution in [0.1, 0.15) is 21.5 Å². The van der Waals surface area contributed by atoms with Crippen molar-refractivity contribution >= 4 is 5.91 Å². The molecule has 0 saturated heterocycles. The highest BCUT2D eigenvalue weighted by molar-refractivity contribution is 5.94. The van der Waals surface area contributed by atoms with Gasteiger partial charge in [-0.2, -0.15) is 0 Å². The minimum Gasteiger partial charge on any atom is -0.508 e.